The summed E-state index contributed by atoms with van der Waals surface area (Å²) in [6, 6.07) is 20.0. The van der Waals surface area contributed by atoms with E-state index in [1.54, 1.807) is 0 Å². The van der Waals surface area contributed by atoms with Gasteiger partial charge in [0.1, 0.15) is 0 Å². The van der Waals surface area contributed by atoms with Crippen LogP contribution in [-0.4, -0.2) is 21.4 Å². The number of carbonyl (C=O) groups excluding carboxylic acids is 1. The van der Waals surface area contributed by atoms with E-state index in [0.29, 0.717) is 5.57 Å². The number of hydrogen-bond donors (Lipinski definition) is 0. The minimum atomic E-state index is -0.0716. The highest BCUT2D eigenvalue weighted by Gasteiger charge is 2.53. The molecule has 5 heteroatoms. The van der Waals surface area contributed by atoms with Gasteiger partial charge in [-0.2, -0.15) is 15.2 Å². The molecule has 4 bridgehead atoms. The van der Waals surface area contributed by atoms with Crippen molar-refractivity contribution in [1.29, 1.82) is 0 Å². The van der Waals surface area contributed by atoms with E-state index in [0.717, 1.165) is 40.4 Å². The minimum Gasteiger partial charge on any atom is -0.267 e. The third-order valence-electron chi connectivity index (χ3n) is 8.67. The summed E-state index contributed by atoms with van der Waals surface area (Å²) in [5.41, 5.74) is 5.65. The Morgan fingerprint density at radius 1 is 0.857 bits per heavy atom. The number of rotatable bonds is 4. The van der Waals surface area contributed by atoms with E-state index in [9.17, 15) is 4.79 Å². The molecule has 5 nitrogen and oxygen atoms in total. The van der Waals surface area contributed by atoms with Gasteiger partial charge >= 0.3 is 0 Å². The first-order valence-corrected chi connectivity index (χ1v) is 12.9. The lowest BCUT2D eigenvalue weighted by molar-refractivity contribution is -0.114. The van der Waals surface area contributed by atoms with Gasteiger partial charge in [0.15, 0.2) is 0 Å². The second-order valence-electron chi connectivity index (χ2n) is 11.1. The average Bonchev–Trinajstić information content (AvgIpc) is 3.42. The molecule has 0 unspecified atom stereocenters. The van der Waals surface area contributed by atoms with Crippen molar-refractivity contribution in [2.45, 2.75) is 50.9 Å². The standard InChI is InChI=1S/C30H30N4O/c1-20-27(29(35)34(31-20)26-10-6-3-7-11-26)15-24-19-33(25-8-4-2-5-9-25)32-28(24)30-16-21-12-22(17-30)14-23(13-21)18-30/h2-11,15,19,21-23H,12-14,16-18H2,1H3/b27-15-. The SMILES string of the molecule is CC1=NN(c2ccccc2)C(=O)/C1=C\c1cn(-c2ccccc2)nc1C12CC3CC(CC(C3)C1)C2. The summed E-state index contributed by atoms with van der Waals surface area (Å²) in [6.07, 6.45) is 12.1. The molecule has 2 aromatic carbocycles. The fraction of sp³-hybridized carbons (Fsp3) is 0.367. The molecule has 0 N–H and O–H groups in total. The van der Waals surface area contributed by atoms with Crippen LogP contribution in [0, 0.1) is 17.8 Å². The lowest BCUT2D eigenvalue weighted by Gasteiger charge is -2.56. The van der Waals surface area contributed by atoms with Gasteiger partial charge in [-0.25, -0.2) is 4.68 Å². The molecular weight excluding hydrogens is 432 g/mol. The zero-order valence-corrected chi connectivity index (χ0v) is 20.1. The first-order valence-electron chi connectivity index (χ1n) is 12.9. The Kier molecular flexibility index (Phi) is 4.63. The maximum Gasteiger partial charge on any atom is 0.280 e. The monoisotopic (exact) mass is 462 g/mol. The van der Waals surface area contributed by atoms with Gasteiger partial charge in [-0.15, -0.1) is 0 Å². The van der Waals surface area contributed by atoms with Crippen molar-refractivity contribution in [3.05, 3.63) is 83.7 Å². The molecule has 2 heterocycles. The Bertz CT molecular complexity index is 1320. The number of benzene rings is 2. The van der Waals surface area contributed by atoms with Crippen molar-refractivity contribution < 1.29 is 4.79 Å². The number of anilines is 1. The van der Waals surface area contributed by atoms with Crippen molar-refractivity contribution in [3.63, 3.8) is 0 Å². The van der Waals surface area contributed by atoms with E-state index >= 15 is 0 Å². The van der Waals surface area contributed by atoms with Crippen LogP contribution in [0.2, 0.25) is 0 Å². The number of hydrogen-bond acceptors (Lipinski definition) is 3. The number of aromatic nitrogens is 2. The zero-order valence-electron chi connectivity index (χ0n) is 20.1. The number of amides is 1. The van der Waals surface area contributed by atoms with Crippen LogP contribution in [0.5, 0.6) is 0 Å². The molecule has 4 aliphatic carbocycles. The van der Waals surface area contributed by atoms with Gasteiger partial charge in [0.2, 0.25) is 0 Å². The van der Waals surface area contributed by atoms with Crippen molar-refractivity contribution in [1.82, 2.24) is 9.78 Å². The second kappa shape index (κ2) is 7.77. The fourth-order valence-corrected chi connectivity index (χ4v) is 7.60. The van der Waals surface area contributed by atoms with Crippen molar-refractivity contribution in [2.75, 3.05) is 5.01 Å². The van der Waals surface area contributed by atoms with Gasteiger partial charge < -0.3 is 0 Å². The number of carbonyl (C=O) groups is 1. The summed E-state index contributed by atoms with van der Waals surface area (Å²) in [5, 5.41) is 11.4. The predicted octanol–water partition coefficient (Wildman–Crippen LogP) is 6.15. The van der Waals surface area contributed by atoms with E-state index in [-0.39, 0.29) is 11.3 Å². The fourth-order valence-electron chi connectivity index (χ4n) is 7.60. The van der Waals surface area contributed by atoms with Gasteiger partial charge in [0.05, 0.1) is 28.4 Å². The van der Waals surface area contributed by atoms with Crippen LogP contribution >= 0.6 is 0 Å². The minimum absolute atomic E-state index is 0.0716. The Labute approximate surface area is 206 Å². The zero-order chi connectivity index (χ0) is 23.6. The summed E-state index contributed by atoms with van der Waals surface area (Å²) in [5.74, 6) is 2.41. The van der Waals surface area contributed by atoms with Crippen LogP contribution in [0.25, 0.3) is 11.8 Å². The highest BCUT2D eigenvalue weighted by atomic mass is 16.2. The lowest BCUT2D eigenvalue weighted by atomic mass is 9.48. The van der Waals surface area contributed by atoms with Gasteiger partial charge in [-0.05, 0) is 93.5 Å². The topological polar surface area (TPSA) is 50.5 Å². The Balaban J connectivity index is 1.33. The summed E-state index contributed by atoms with van der Waals surface area (Å²) in [6.45, 7) is 1.93. The van der Waals surface area contributed by atoms with Crippen LogP contribution in [0.15, 0.2) is 77.5 Å². The molecule has 4 saturated carbocycles. The third kappa shape index (κ3) is 3.40. The Morgan fingerprint density at radius 2 is 1.43 bits per heavy atom. The third-order valence-corrected chi connectivity index (χ3v) is 8.67. The molecule has 0 atom stereocenters. The van der Waals surface area contributed by atoms with Crippen LogP contribution in [0.3, 0.4) is 0 Å². The smallest absolute Gasteiger partial charge is 0.267 e. The molecule has 0 saturated heterocycles. The summed E-state index contributed by atoms with van der Waals surface area (Å²) in [7, 11) is 0. The van der Waals surface area contributed by atoms with E-state index in [1.165, 1.54) is 49.2 Å². The molecule has 176 valence electrons. The van der Waals surface area contributed by atoms with Gasteiger partial charge in [0.25, 0.3) is 5.91 Å². The number of hydrazone groups is 1. The van der Waals surface area contributed by atoms with Crippen LogP contribution in [-0.2, 0) is 10.2 Å². The van der Waals surface area contributed by atoms with Gasteiger partial charge in [-0.3, -0.25) is 4.79 Å². The molecule has 35 heavy (non-hydrogen) atoms. The van der Waals surface area contributed by atoms with Crippen LogP contribution < -0.4 is 5.01 Å². The molecule has 3 aromatic rings. The van der Waals surface area contributed by atoms with Crippen LogP contribution in [0.1, 0.15) is 56.7 Å². The number of nitrogens with zero attached hydrogens (tertiary/aromatic N) is 4. The Hall–Kier alpha value is -3.47. The normalized spacial score (nSPS) is 30.4. The summed E-state index contributed by atoms with van der Waals surface area (Å²) < 4.78 is 2.02. The van der Waals surface area contributed by atoms with E-state index in [2.05, 4.69) is 41.6 Å². The molecule has 0 spiro atoms. The molecule has 0 radical (unpaired) electrons. The van der Waals surface area contributed by atoms with Crippen molar-refractivity contribution in [3.8, 4) is 5.69 Å². The first-order chi connectivity index (χ1) is 17.1. The van der Waals surface area contributed by atoms with E-state index in [4.69, 9.17) is 5.10 Å². The summed E-state index contributed by atoms with van der Waals surface area (Å²) in [4.78, 5) is 13.5. The quantitative estimate of drug-likeness (QED) is 0.437. The van der Waals surface area contributed by atoms with Crippen molar-refractivity contribution >= 4 is 23.4 Å². The maximum absolute atomic E-state index is 13.5. The maximum atomic E-state index is 13.5. The predicted molar refractivity (Wildman–Crippen MR) is 138 cm³/mol. The molecule has 5 aliphatic rings. The highest BCUT2D eigenvalue weighted by Crippen LogP contribution is 2.61. The Morgan fingerprint density at radius 3 is 2.03 bits per heavy atom. The average molecular weight is 463 g/mol. The number of para-hydroxylation sites is 2. The van der Waals surface area contributed by atoms with Gasteiger partial charge in [0, 0.05) is 17.2 Å². The van der Waals surface area contributed by atoms with Gasteiger partial charge in [-0.1, -0.05) is 36.4 Å². The largest absolute Gasteiger partial charge is 0.280 e. The molecule has 1 aromatic heterocycles. The molecule has 4 fully saturated rings. The highest BCUT2D eigenvalue weighted by molar-refractivity contribution is 6.32. The first kappa shape index (κ1) is 20.9. The summed E-state index contributed by atoms with van der Waals surface area (Å²) >= 11 is 0. The lowest BCUT2D eigenvalue weighted by Crippen LogP contribution is -2.49. The molecule has 8 rings (SSSR count). The van der Waals surface area contributed by atoms with Crippen LogP contribution in [0.4, 0.5) is 5.69 Å². The molecule has 1 amide bonds. The molecule has 1 aliphatic heterocycles. The van der Waals surface area contributed by atoms with E-state index in [1.807, 2.05) is 48.0 Å². The second-order valence-corrected chi connectivity index (χ2v) is 11.1. The van der Waals surface area contributed by atoms with Crippen molar-refractivity contribution in [2.24, 2.45) is 22.9 Å². The van der Waals surface area contributed by atoms with E-state index < -0.39 is 0 Å². The molecular formula is C30H30N4O.